The molecule has 0 amide bonds. The minimum atomic E-state index is -2.21. The molecule has 0 spiro atoms. The minimum absolute atomic E-state index is 0.0431. The molecule has 0 aliphatic carbocycles. The maximum Gasteiger partial charge on any atom is 0.352 e. The second-order valence-corrected chi connectivity index (χ2v) is 10.3. The van der Waals surface area contributed by atoms with E-state index in [1.165, 1.54) is 24.3 Å². The molecular formula is C36H35NO9. The van der Waals surface area contributed by atoms with Gasteiger partial charge < -0.3 is 29.4 Å². The summed E-state index contributed by atoms with van der Waals surface area (Å²) in [5.41, 5.74) is 1.99. The Labute approximate surface area is 266 Å². The van der Waals surface area contributed by atoms with Crippen molar-refractivity contribution in [2.45, 2.75) is 37.9 Å². The zero-order chi connectivity index (χ0) is 32.7. The number of rotatable bonds is 16. The first kappa shape index (κ1) is 33.6. The van der Waals surface area contributed by atoms with Crippen molar-refractivity contribution in [1.29, 1.82) is 0 Å². The van der Waals surface area contributed by atoms with Crippen LogP contribution in [0.4, 0.5) is 0 Å². The quantitative estimate of drug-likeness (QED) is 0.129. The van der Waals surface area contributed by atoms with E-state index in [1.807, 2.05) is 67.6 Å². The van der Waals surface area contributed by atoms with Gasteiger partial charge in [-0.2, -0.15) is 0 Å². The van der Waals surface area contributed by atoms with E-state index in [0.717, 1.165) is 11.1 Å². The highest BCUT2D eigenvalue weighted by Crippen LogP contribution is 2.17. The van der Waals surface area contributed by atoms with E-state index >= 15 is 0 Å². The van der Waals surface area contributed by atoms with E-state index in [4.69, 9.17) is 18.9 Å². The molecule has 0 heterocycles. The van der Waals surface area contributed by atoms with Crippen molar-refractivity contribution in [2.24, 2.45) is 0 Å². The number of carboxylic acid groups (broad SMARTS) is 1. The van der Waals surface area contributed by atoms with E-state index in [-0.39, 0.29) is 36.9 Å². The molecule has 238 valence electrons. The van der Waals surface area contributed by atoms with E-state index in [9.17, 15) is 24.3 Å². The van der Waals surface area contributed by atoms with Crippen LogP contribution < -0.4 is 5.32 Å². The van der Waals surface area contributed by atoms with Crippen LogP contribution >= 0.6 is 0 Å². The zero-order valence-electron chi connectivity index (χ0n) is 25.2. The first-order chi connectivity index (χ1) is 22.3. The molecule has 4 rings (SSSR count). The summed E-state index contributed by atoms with van der Waals surface area (Å²) in [6, 6.07) is 34.2. The third-order valence-electron chi connectivity index (χ3n) is 6.89. The molecule has 0 saturated carbocycles. The molecule has 4 aromatic rings. The van der Waals surface area contributed by atoms with Gasteiger partial charge in [0.05, 0.1) is 24.3 Å². The van der Waals surface area contributed by atoms with Gasteiger partial charge in [-0.15, -0.1) is 0 Å². The highest BCUT2D eigenvalue weighted by molar-refractivity contribution is 5.95. The standard InChI is InChI=1S/C36H35NO9/c1-25(27-16-8-3-9-17-27)37-22-30(24-43-23-26-14-6-2-7-15-26)44-36(42)32(46-35(41)29-20-12-5-13-21-29)31(33(38)39)45-34(40)28-18-10-4-11-19-28/h2-21,25,30-32,37H,22-24H2,1H3,(H,38,39)/t25-,30?,31+,32+/m0/s1. The fourth-order valence-corrected chi connectivity index (χ4v) is 4.41. The van der Waals surface area contributed by atoms with Gasteiger partial charge in [-0.3, -0.25) is 0 Å². The Hall–Kier alpha value is -5.32. The maximum absolute atomic E-state index is 13.7. The minimum Gasteiger partial charge on any atom is -0.478 e. The van der Waals surface area contributed by atoms with Gasteiger partial charge in [0.1, 0.15) is 6.10 Å². The number of nitrogens with one attached hydrogen (secondary N) is 1. The summed E-state index contributed by atoms with van der Waals surface area (Å²) in [5.74, 6) is -4.96. The summed E-state index contributed by atoms with van der Waals surface area (Å²) >= 11 is 0. The molecule has 0 aromatic heterocycles. The average Bonchev–Trinajstić information content (AvgIpc) is 3.09. The molecule has 4 aromatic carbocycles. The number of ether oxygens (including phenoxy) is 4. The molecule has 2 N–H and O–H groups in total. The molecule has 4 atom stereocenters. The summed E-state index contributed by atoms with van der Waals surface area (Å²) in [5, 5.41) is 13.4. The van der Waals surface area contributed by atoms with Gasteiger partial charge in [0.15, 0.2) is 0 Å². The number of carbonyl (C=O) groups excluding carboxylic acids is 3. The van der Waals surface area contributed by atoms with Crippen molar-refractivity contribution in [3.8, 4) is 0 Å². The fraction of sp³-hybridized carbons (Fsp3) is 0.222. The smallest absolute Gasteiger partial charge is 0.352 e. The third-order valence-corrected chi connectivity index (χ3v) is 6.89. The second kappa shape index (κ2) is 17.2. The average molecular weight is 626 g/mol. The van der Waals surface area contributed by atoms with Gasteiger partial charge in [-0.1, -0.05) is 97.1 Å². The highest BCUT2D eigenvalue weighted by atomic mass is 16.6. The number of benzene rings is 4. The summed E-state index contributed by atoms with van der Waals surface area (Å²) in [6.07, 6.45) is -5.30. The summed E-state index contributed by atoms with van der Waals surface area (Å²) in [7, 11) is 0. The molecule has 0 radical (unpaired) electrons. The number of aliphatic carboxylic acids is 1. The molecule has 0 bridgehead atoms. The summed E-state index contributed by atoms with van der Waals surface area (Å²) in [4.78, 5) is 52.0. The fourth-order valence-electron chi connectivity index (χ4n) is 4.41. The monoisotopic (exact) mass is 625 g/mol. The Morgan fingerprint density at radius 1 is 0.652 bits per heavy atom. The van der Waals surface area contributed by atoms with E-state index in [0.29, 0.717) is 0 Å². The van der Waals surface area contributed by atoms with Crippen LogP contribution in [-0.2, 0) is 35.1 Å². The van der Waals surface area contributed by atoms with Gasteiger partial charge in [0, 0.05) is 12.6 Å². The Bertz CT molecular complexity index is 1550. The number of carboxylic acids is 1. The second-order valence-electron chi connectivity index (χ2n) is 10.3. The van der Waals surface area contributed by atoms with Crippen LogP contribution in [0, 0.1) is 0 Å². The van der Waals surface area contributed by atoms with Crippen molar-refractivity contribution in [3.05, 3.63) is 144 Å². The van der Waals surface area contributed by atoms with Crippen LogP contribution in [0.15, 0.2) is 121 Å². The number of hydrogen-bond donors (Lipinski definition) is 2. The summed E-state index contributed by atoms with van der Waals surface area (Å²) < 4.78 is 22.2. The van der Waals surface area contributed by atoms with Crippen molar-refractivity contribution in [3.63, 3.8) is 0 Å². The van der Waals surface area contributed by atoms with Gasteiger partial charge in [-0.05, 0) is 42.3 Å². The van der Waals surface area contributed by atoms with Crippen molar-refractivity contribution in [1.82, 2.24) is 5.32 Å². The molecule has 1 unspecified atom stereocenters. The van der Waals surface area contributed by atoms with Gasteiger partial charge in [-0.25, -0.2) is 19.2 Å². The van der Waals surface area contributed by atoms with Gasteiger partial charge >= 0.3 is 23.9 Å². The molecular weight excluding hydrogens is 590 g/mol. The van der Waals surface area contributed by atoms with Crippen LogP contribution in [0.1, 0.15) is 44.8 Å². The SMILES string of the molecule is C[C@H](NCC(COCc1ccccc1)OC(=O)[C@H](OC(=O)c1ccccc1)[C@@H](OC(=O)c1ccccc1)C(=O)O)c1ccccc1. The van der Waals surface area contributed by atoms with Gasteiger partial charge in [0.25, 0.3) is 0 Å². The molecule has 0 fully saturated rings. The lowest BCUT2D eigenvalue weighted by Crippen LogP contribution is -2.48. The van der Waals surface area contributed by atoms with Crippen LogP contribution in [-0.4, -0.2) is 60.4 Å². The first-order valence-corrected chi connectivity index (χ1v) is 14.7. The lowest BCUT2D eigenvalue weighted by Gasteiger charge is -2.26. The number of esters is 3. The molecule has 0 aliphatic rings. The molecule has 10 heteroatoms. The lowest BCUT2D eigenvalue weighted by atomic mass is 10.1. The first-order valence-electron chi connectivity index (χ1n) is 14.7. The van der Waals surface area contributed by atoms with Crippen LogP contribution in [0.25, 0.3) is 0 Å². The Morgan fingerprint density at radius 3 is 1.65 bits per heavy atom. The Morgan fingerprint density at radius 2 is 1.13 bits per heavy atom. The largest absolute Gasteiger partial charge is 0.478 e. The van der Waals surface area contributed by atoms with E-state index in [2.05, 4.69) is 5.32 Å². The normalized spacial score (nSPS) is 13.4. The predicted molar refractivity (Wildman–Crippen MR) is 168 cm³/mol. The molecule has 46 heavy (non-hydrogen) atoms. The van der Waals surface area contributed by atoms with Crippen molar-refractivity contribution < 1.29 is 43.2 Å². The van der Waals surface area contributed by atoms with Crippen LogP contribution in [0.2, 0.25) is 0 Å². The summed E-state index contributed by atoms with van der Waals surface area (Å²) in [6.45, 7) is 2.20. The molecule has 10 nitrogen and oxygen atoms in total. The predicted octanol–water partition coefficient (Wildman–Crippen LogP) is 5.00. The Balaban J connectivity index is 1.55. The highest BCUT2D eigenvalue weighted by Gasteiger charge is 2.43. The maximum atomic E-state index is 13.7. The van der Waals surface area contributed by atoms with Crippen molar-refractivity contribution in [2.75, 3.05) is 13.2 Å². The van der Waals surface area contributed by atoms with E-state index in [1.54, 1.807) is 36.4 Å². The zero-order valence-corrected chi connectivity index (χ0v) is 25.2. The number of carbonyl (C=O) groups is 4. The van der Waals surface area contributed by atoms with Gasteiger partial charge in [0.2, 0.25) is 12.2 Å². The number of hydrogen-bond acceptors (Lipinski definition) is 9. The van der Waals surface area contributed by atoms with E-state index < -0.39 is 42.2 Å². The third kappa shape index (κ3) is 10.1. The topological polar surface area (TPSA) is 137 Å². The van der Waals surface area contributed by atoms with Crippen LogP contribution in [0.3, 0.4) is 0 Å². The molecule has 0 aliphatic heterocycles. The van der Waals surface area contributed by atoms with Crippen molar-refractivity contribution >= 4 is 23.9 Å². The van der Waals surface area contributed by atoms with Crippen LogP contribution in [0.5, 0.6) is 0 Å². The molecule has 0 saturated heterocycles. The lowest BCUT2D eigenvalue weighted by molar-refractivity contribution is -0.176. The Kier molecular flexibility index (Phi) is 12.6.